The van der Waals surface area contributed by atoms with Crippen LogP contribution in [0.5, 0.6) is 11.6 Å². The fourth-order valence-corrected chi connectivity index (χ4v) is 4.73. The third-order valence-corrected chi connectivity index (χ3v) is 6.44. The first-order valence-electron chi connectivity index (χ1n) is 10.6. The van der Waals surface area contributed by atoms with Crippen LogP contribution in [0.3, 0.4) is 0 Å². The summed E-state index contributed by atoms with van der Waals surface area (Å²) in [6.45, 7) is 0. The highest BCUT2D eigenvalue weighted by Crippen LogP contribution is 2.38. The number of fused-ring (bicyclic) bond motifs is 1. The summed E-state index contributed by atoms with van der Waals surface area (Å²) in [5.74, 6) is -0.205. The third kappa shape index (κ3) is 4.45. The Labute approximate surface area is 207 Å². The zero-order valence-electron chi connectivity index (χ0n) is 18.0. The lowest BCUT2D eigenvalue weighted by molar-refractivity contribution is 0.450. The van der Waals surface area contributed by atoms with Crippen molar-refractivity contribution >= 4 is 29.0 Å². The molecule has 1 aliphatic carbocycles. The molecule has 1 aliphatic rings. The van der Waals surface area contributed by atoms with E-state index in [9.17, 15) is 14.4 Å². The fourth-order valence-electron chi connectivity index (χ4n) is 4.18. The zero-order valence-corrected chi connectivity index (χ0v) is 19.6. The minimum absolute atomic E-state index is 0.0102. The number of halogens is 2. The molecule has 0 spiro atoms. The van der Waals surface area contributed by atoms with Gasteiger partial charge in [-0.15, -0.1) is 10.2 Å². The number of aromatic amines is 2. The maximum Gasteiger partial charge on any atom is 0.349 e. The Kier molecular flexibility index (Phi) is 5.91. The first-order chi connectivity index (χ1) is 16.8. The largest absolute Gasteiger partial charge is 0.434 e. The van der Waals surface area contributed by atoms with E-state index in [1.165, 1.54) is 23.3 Å². The number of H-pyrrole nitrogens is 2. The quantitative estimate of drug-likeness (QED) is 0.380. The summed E-state index contributed by atoms with van der Waals surface area (Å²) in [5.41, 5.74) is 6.85. The summed E-state index contributed by atoms with van der Waals surface area (Å²) in [6.07, 6.45) is 2.44. The number of nitrogens with zero attached hydrogens (tertiary/aromatic N) is 3. The van der Waals surface area contributed by atoms with E-state index in [1.54, 1.807) is 6.07 Å². The predicted octanol–water partition coefficient (Wildman–Crippen LogP) is 2.96. The van der Waals surface area contributed by atoms with E-state index in [0.29, 0.717) is 5.56 Å². The van der Waals surface area contributed by atoms with E-state index in [-0.39, 0.29) is 38.8 Å². The number of hydrogen-bond donors (Lipinski definition) is 3. The van der Waals surface area contributed by atoms with E-state index >= 15 is 0 Å². The van der Waals surface area contributed by atoms with Crippen LogP contribution < -0.4 is 27.3 Å². The molecule has 0 fully saturated rings. The number of nitrogens with two attached hydrogens (primary N) is 1. The molecule has 12 heteroatoms. The average Bonchev–Trinajstić information content (AvgIpc) is 2.84. The standard InChI is InChI=1S/C23H18Cl2N6O4/c24-16-8-14(31-23(34)27-22(33)20(26)30-31)9-17(25)19(16)35-18-10-15(21(32)29-28-18)13-6-5-11-3-1-2-4-12(11)7-13/h1-4,8-10,13H,5-7H2,(H2,26,30)(H,29,32)(H,27,33,34). The molecule has 4 aromatic rings. The summed E-state index contributed by atoms with van der Waals surface area (Å²) < 4.78 is 6.68. The first kappa shape index (κ1) is 22.9. The summed E-state index contributed by atoms with van der Waals surface area (Å²) in [6, 6.07) is 12.5. The summed E-state index contributed by atoms with van der Waals surface area (Å²) in [4.78, 5) is 38.2. The lowest BCUT2D eigenvalue weighted by Crippen LogP contribution is -2.33. The molecule has 0 saturated carbocycles. The van der Waals surface area contributed by atoms with Gasteiger partial charge in [-0.2, -0.15) is 4.68 Å². The van der Waals surface area contributed by atoms with Gasteiger partial charge in [-0.05, 0) is 48.4 Å². The molecule has 5 rings (SSSR count). The zero-order chi connectivity index (χ0) is 24.7. The van der Waals surface area contributed by atoms with Crippen LogP contribution in [-0.4, -0.2) is 25.0 Å². The van der Waals surface area contributed by atoms with Gasteiger partial charge in [0.05, 0.1) is 15.7 Å². The van der Waals surface area contributed by atoms with Gasteiger partial charge in [-0.3, -0.25) is 14.6 Å². The molecule has 4 N–H and O–H groups in total. The van der Waals surface area contributed by atoms with Gasteiger partial charge in [0.25, 0.3) is 11.1 Å². The van der Waals surface area contributed by atoms with Gasteiger partial charge in [-0.1, -0.05) is 47.5 Å². The molecule has 0 bridgehead atoms. The van der Waals surface area contributed by atoms with Crippen molar-refractivity contribution in [2.24, 2.45) is 0 Å². The fraction of sp³-hybridized carbons (Fsp3) is 0.174. The topological polar surface area (TPSA) is 149 Å². The van der Waals surface area contributed by atoms with Crippen molar-refractivity contribution in [2.75, 3.05) is 5.73 Å². The summed E-state index contributed by atoms with van der Waals surface area (Å²) >= 11 is 12.8. The van der Waals surface area contributed by atoms with Crippen LogP contribution in [0, 0.1) is 0 Å². The number of nitrogens with one attached hydrogen (secondary N) is 2. The Morgan fingerprint density at radius 2 is 1.74 bits per heavy atom. The number of anilines is 1. The number of aromatic nitrogens is 5. The summed E-state index contributed by atoms with van der Waals surface area (Å²) in [7, 11) is 0. The van der Waals surface area contributed by atoms with Gasteiger partial charge in [0.2, 0.25) is 11.7 Å². The molecule has 2 heterocycles. The van der Waals surface area contributed by atoms with E-state index in [4.69, 9.17) is 33.7 Å². The Bertz CT molecular complexity index is 1600. The number of hydrogen-bond acceptors (Lipinski definition) is 7. The van der Waals surface area contributed by atoms with Gasteiger partial charge < -0.3 is 10.5 Å². The van der Waals surface area contributed by atoms with Gasteiger partial charge in [0.15, 0.2) is 5.75 Å². The van der Waals surface area contributed by atoms with E-state index in [0.717, 1.165) is 23.9 Å². The van der Waals surface area contributed by atoms with Crippen molar-refractivity contribution < 1.29 is 4.74 Å². The van der Waals surface area contributed by atoms with Gasteiger partial charge in [0.1, 0.15) is 0 Å². The highest BCUT2D eigenvalue weighted by Gasteiger charge is 2.23. The highest BCUT2D eigenvalue weighted by atomic mass is 35.5. The van der Waals surface area contributed by atoms with Crippen LogP contribution >= 0.6 is 23.2 Å². The van der Waals surface area contributed by atoms with Crippen molar-refractivity contribution in [1.82, 2.24) is 25.0 Å². The molecule has 178 valence electrons. The van der Waals surface area contributed by atoms with Gasteiger partial charge >= 0.3 is 5.69 Å². The first-order valence-corrected chi connectivity index (χ1v) is 11.4. The summed E-state index contributed by atoms with van der Waals surface area (Å²) in [5, 5.41) is 10.3. The average molecular weight is 513 g/mol. The molecule has 2 aromatic carbocycles. The van der Waals surface area contributed by atoms with Gasteiger partial charge in [0, 0.05) is 11.6 Å². The molecule has 0 aliphatic heterocycles. The molecular formula is C23H18Cl2N6O4. The Hall–Kier alpha value is -3.89. The second-order valence-corrected chi connectivity index (χ2v) is 8.91. The molecule has 10 nitrogen and oxygen atoms in total. The minimum atomic E-state index is -0.814. The third-order valence-electron chi connectivity index (χ3n) is 5.88. The molecule has 1 atom stereocenters. The molecule has 2 aromatic heterocycles. The van der Waals surface area contributed by atoms with Crippen molar-refractivity contribution in [3.8, 4) is 17.3 Å². The smallest absolute Gasteiger partial charge is 0.349 e. The van der Waals surface area contributed by atoms with E-state index in [1.807, 2.05) is 12.1 Å². The van der Waals surface area contributed by atoms with Crippen LogP contribution in [-0.2, 0) is 12.8 Å². The Balaban J connectivity index is 1.45. The number of nitrogen functional groups attached to an aromatic ring is 1. The number of rotatable bonds is 4. The molecule has 1 unspecified atom stereocenters. The van der Waals surface area contributed by atoms with E-state index < -0.39 is 17.1 Å². The van der Waals surface area contributed by atoms with Crippen molar-refractivity contribution in [1.29, 1.82) is 0 Å². The molecule has 0 radical (unpaired) electrons. The Morgan fingerprint density at radius 3 is 2.49 bits per heavy atom. The van der Waals surface area contributed by atoms with Crippen molar-refractivity contribution in [3.05, 3.63) is 100 Å². The normalized spacial score (nSPS) is 15.0. The second kappa shape index (κ2) is 9.05. The number of ether oxygens (including phenoxy) is 1. The predicted molar refractivity (Wildman–Crippen MR) is 131 cm³/mol. The van der Waals surface area contributed by atoms with Crippen LogP contribution in [0.1, 0.15) is 29.0 Å². The minimum Gasteiger partial charge on any atom is -0.434 e. The Morgan fingerprint density at radius 1 is 1.03 bits per heavy atom. The molecular weight excluding hydrogens is 495 g/mol. The van der Waals surface area contributed by atoms with Crippen molar-refractivity contribution in [2.45, 2.75) is 25.2 Å². The lowest BCUT2D eigenvalue weighted by Gasteiger charge is -2.24. The highest BCUT2D eigenvalue weighted by molar-refractivity contribution is 6.37. The van der Waals surface area contributed by atoms with Crippen LogP contribution in [0.25, 0.3) is 5.69 Å². The second-order valence-electron chi connectivity index (χ2n) is 8.10. The van der Waals surface area contributed by atoms with Crippen LogP contribution in [0.15, 0.2) is 56.8 Å². The molecule has 0 saturated heterocycles. The van der Waals surface area contributed by atoms with Crippen LogP contribution in [0.2, 0.25) is 10.0 Å². The van der Waals surface area contributed by atoms with E-state index in [2.05, 4.69) is 32.4 Å². The number of aryl methyl sites for hydroxylation is 1. The van der Waals surface area contributed by atoms with Crippen LogP contribution in [0.4, 0.5) is 5.82 Å². The monoisotopic (exact) mass is 512 g/mol. The maximum absolute atomic E-state index is 12.6. The molecule has 0 amide bonds. The molecule has 35 heavy (non-hydrogen) atoms. The SMILES string of the molecule is Nc1nn(-c2cc(Cl)c(Oc3cc(C4CCc5ccccc5C4)c(=O)[nH]n3)c(Cl)c2)c(=O)[nH]c1=O. The van der Waals surface area contributed by atoms with Gasteiger partial charge in [-0.25, -0.2) is 9.89 Å². The lowest BCUT2D eigenvalue weighted by atomic mass is 9.81. The maximum atomic E-state index is 12.6. The van der Waals surface area contributed by atoms with Crippen molar-refractivity contribution in [3.63, 3.8) is 0 Å². The number of benzene rings is 2.